The molecular weight excluding hydrogens is 529 g/mol. The zero-order valence-corrected chi connectivity index (χ0v) is 22.5. The molecule has 3 fully saturated rings. The molecule has 0 bridgehead atoms. The zero-order chi connectivity index (χ0) is 28.1. The van der Waals surface area contributed by atoms with Crippen LogP contribution >= 0.6 is 0 Å². The van der Waals surface area contributed by atoms with Crippen molar-refractivity contribution in [2.24, 2.45) is 0 Å². The number of nitrogens with two attached hydrogens (primary N) is 1. The maximum atomic E-state index is 14.4. The third-order valence-electron chi connectivity index (χ3n) is 8.64. The van der Waals surface area contributed by atoms with E-state index in [1.807, 2.05) is 0 Å². The predicted octanol–water partition coefficient (Wildman–Crippen LogP) is 2.55. The largest absolute Gasteiger partial charge is 0.461 e. The number of nitrogens with zero attached hydrogens (tertiary/aromatic N) is 6. The highest BCUT2D eigenvalue weighted by Crippen LogP contribution is 2.39. The normalized spacial score (nSPS) is 20.5. The average Bonchev–Trinajstić information content (AvgIpc) is 3.66. The number of hydrogen-bond donors (Lipinski definition) is 3. The molecule has 0 saturated carbocycles. The quantitative estimate of drug-likeness (QED) is 0.318. The lowest BCUT2D eigenvalue weighted by Gasteiger charge is -2.34. The van der Waals surface area contributed by atoms with E-state index in [1.54, 1.807) is 6.07 Å². The molecule has 0 radical (unpaired) electrons. The number of pyridine rings is 1. The number of rotatable bonds is 6. The summed E-state index contributed by atoms with van der Waals surface area (Å²) in [5.41, 5.74) is 6.88. The van der Waals surface area contributed by atoms with Crippen LogP contribution in [0.25, 0.3) is 33.3 Å². The number of nitrogen functional groups attached to an aromatic ring is 1. The number of nitriles is 1. The Labute approximate surface area is 234 Å². The van der Waals surface area contributed by atoms with Crippen molar-refractivity contribution in [2.45, 2.75) is 43.7 Å². The molecule has 0 spiro atoms. The molecule has 3 aromatic heterocycles. The van der Waals surface area contributed by atoms with Crippen molar-refractivity contribution in [3.63, 3.8) is 0 Å². The Morgan fingerprint density at radius 1 is 1.20 bits per heavy atom. The number of hydrogen-bond acceptors (Lipinski definition) is 11. The van der Waals surface area contributed by atoms with Crippen LogP contribution in [0, 0.1) is 17.1 Å². The van der Waals surface area contributed by atoms with Gasteiger partial charge in [-0.2, -0.15) is 20.2 Å². The minimum absolute atomic E-state index is 0.00811. The fraction of sp³-hybridized carbons (Fsp3) is 0.464. The smallest absolute Gasteiger partial charge is 0.319 e. The first kappa shape index (κ1) is 25.7. The van der Waals surface area contributed by atoms with Gasteiger partial charge in [0, 0.05) is 31.2 Å². The van der Waals surface area contributed by atoms with Crippen LogP contribution in [-0.4, -0.2) is 75.7 Å². The highest BCUT2D eigenvalue weighted by atomic mass is 19.1. The molecule has 212 valence electrons. The number of halogens is 1. The van der Waals surface area contributed by atoms with Gasteiger partial charge in [0.25, 0.3) is 11.6 Å². The van der Waals surface area contributed by atoms with Crippen molar-refractivity contribution in [3.05, 3.63) is 34.4 Å². The maximum Gasteiger partial charge on any atom is 0.319 e. The van der Waals surface area contributed by atoms with E-state index in [2.05, 4.69) is 31.2 Å². The molecule has 1 aromatic carbocycles. The average molecular weight is 560 g/mol. The first-order valence-corrected chi connectivity index (χ1v) is 14.0. The van der Waals surface area contributed by atoms with Gasteiger partial charge in [-0.15, -0.1) is 0 Å². The van der Waals surface area contributed by atoms with E-state index < -0.39 is 11.4 Å². The molecule has 1 atom stereocenters. The molecular formula is C28H30FN9O3. The van der Waals surface area contributed by atoms with Gasteiger partial charge in [-0.05, 0) is 57.0 Å². The number of benzene rings is 1. The molecule has 13 heteroatoms. The van der Waals surface area contributed by atoms with Gasteiger partial charge < -0.3 is 30.1 Å². The Morgan fingerprint density at radius 3 is 2.83 bits per heavy atom. The Hall–Kier alpha value is -4.28. The van der Waals surface area contributed by atoms with E-state index in [0.717, 1.165) is 38.8 Å². The lowest BCUT2D eigenvalue weighted by molar-refractivity contribution is 0.108. The van der Waals surface area contributed by atoms with Gasteiger partial charge in [0.05, 0.1) is 29.1 Å². The van der Waals surface area contributed by atoms with Crippen molar-refractivity contribution in [3.8, 4) is 23.2 Å². The van der Waals surface area contributed by atoms with Gasteiger partial charge in [-0.25, -0.2) is 4.39 Å². The second-order valence-electron chi connectivity index (χ2n) is 11.1. The summed E-state index contributed by atoms with van der Waals surface area (Å²) in [5, 5.41) is 12.6. The number of anilines is 2. The molecule has 0 amide bonds. The van der Waals surface area contributed by atoms with Crippen molar-refractivity contribution in [2.75, 3.05) is 50.0 Å². The first-order chi connectivity index (χ1) is 19.9. The van der Waals surface area contributed by atoms with Crippen LogP contribution in [0.4, 0.5) is 16.2 Å². The van der Waals surface area contributed by atoms with Crippen LogP contribution in [0.1, 0.15) is 32.1 Å². The van der Waals surface area contributed by atoms with Gasteiger partial charge >= 0.3 is 6.01 Å². The second-order valence-corrected chi connectivity index (χ2v) is 11.1. The molecule has 7 rings (SSSR count). The standard InChI is InChI=1S/C28H30FN9O3/c29-19-4-3-17(21-23(19)41-26(31)35-21)18-13-20-22(34-25(18)39)24(37-12-9-32-16(14-37)5-8-30)36-27(33-20)40-15-28-6-1-10-38(28)11-2-7-28/h3-4,13,16,32H,1-2,5-7,9-12,14-15H2,(H2,31,35)(H,34,39)/t16-/m0/s1. The lowest BCUT2D eigenvalue weighted by atomic mass is 9.95. The Kier molecular flexibility index (Phi) is 6.24. The summed E-state index contributed by atoms with van der Waals surface area (Å²) < 4.78 is 26.0. The summed E-state index contributed by atoms with van der Waals surface area (Å²) in [7, 11) is 0. The van der Waals surface area contributed by atoms with E-state index in [4.69, 9.17) is 24.9 Å². The lowest BCUT2D eigenvalue weighted by Crippen LogP contribution is -2.51. The Bertz CT molecular complexity index is 1740. The van der Waals surface area contributed by atoms with E-state index in [0.29, 0.717) is 55.1 Å². The summed E-state index contributed by atoms with van der Waals surface area (Å²) in [4.78, 5) is 34.6. The van der Waals surface area contributed by atoms with Gasteiger partial charge in [0.1, 0.15) is 17.6 Å². The maximum absolute atomic E-state index is 14.4. The SMILES string of the molecule is N#CC[C@H]1CN(c2nc(OCC34CCCN3CCC4)nc3cc(-c4ccc(F)c5oc(N)nc45)c(=O)[nH]c23)CCN1. The second kappa shape index (κ2) is 9.97. The summed E-state index contributed by atoms with van der Waals surface area (Å²) in [5.74, 6) is -0.0800. The Morgan fingerprint density at radius 2 is 2.02 bits per heavy atom. The number of aromatic amines is 1. The molecule has 3 aliphatic heterocycles. The molecule has 6 heterocycles. The first-order valence-electron chi connectivity index (χ1n) is 14.0. The van der Waals surface area contributed by atoms with Crippen LogP contribution in [0.15, 0.2) is 27.4 Å². The van der Waals surface area contributed by atoms with Crippen LogP contribution in [0.3, 0.4) is 0 Å². The number of oxazole rings is 1. The molecule has 0 unspecified atom stereocenters. The number of piperazine rings is 1. The molecule has 3 saturated heterocycles. The van der Waals surface area contributed by atoms with Crippen molar-refractivity contribution >= 4 is 34.0 Å². The van der Waals surface area contributed by atoms with Gasteiger partial charge in [-0.1, -0.05) is 0 Å². The Balaban J connectivity index is 1.33. The topological polar surface area (TPSA) is 162 Å². The molecule has 0 aliphatic carbocycles. The zero-order valence-electron chi connectivity index (χ0n) is 22.5. The molecule has 41 heavy (non-hydrogen) atoms. The number of ether oxygens (including phenoxy) is 1. The molecule has 4 N–H and O–H groups in total. The van der Waals surface area contributed by atoms with Crippen molar-refractivity contribution in [1.29, 1.82) is 5.26 Å². The van der Waals surface area contributed by atoms with Crippen LogP contribution in [-0.2, 0) is 0 Å². The highest BCUT2D eigenvalue weighted by molar-refractivity contribution is 5.95. The fourth-order valence-corrected chi connectivity index (χ4v) is 6.68. The summed E-state index contributed by atoms with van der Waals surface area (Å²) in [6.07, 6.45) is 4.82. The summed E-state index contributed by atoms with van der Waals surface area (Å²) in [6, 6.07) is 6.57. The van der Waals surface area contributed by atoms with E-state index in [1.165, 1.54) is 12.1 Å². The summed E-state index contributed by atoms with van der Waals surface area (Å²) in [6.45, 7) is 4.48. The van der Waals surface area contributed by atoms with Crippen molar-refractivity contribution in [1.82, 2.24) is 30.2 Å². The van der Waals surface area contributed by atoms with E-state index in [-0.39, 0.29) is 40.3 Å². The third kappa shape index (κ3) is 4.43. The van der Waals surface area contributed by atoms with Gasteiger partial charge in [0.2, 0.25) is 0 Å². The highest BCUT2D eigenvalue weighted by Gasteiger charge is 2.45. The van der Waals surface area contributed by atoms with Gasteiger partial charge in [-0.3, -0.25) is 9.69 Å². The van der Waals surface area contributed by atoms with Crippen molar-refractivity contribution < 1.29 is 13.5 Å². The molecule has 3 aliphatic rings. The van der Waals surface area contributed by atoms with Gasteiger partial charge in [0.15, 0.2) is 17.2 Å². The number of H-pyrrole nitrogens is 1. The number of aromatic nitrogens is 4. The van der Waals surface area contributed by atoms with Crippen LogP contribution < -0.4 is 26.2 Å². The molecule has 4 aromatic rings. The van der Waals surface area contributed by atoms with E-state index >= 15 is 0 Å². The van der Waals surface area contributed by atoms with E-state index in [9.17, 15) is 14.4 Å². The molecule has 12 nitrogen and oxygen atoms in total. The number of nitrogens with one attached hydrogen (secondary N) is 2. The third-order valence-corrected chi connectivity index (χ3v) is 8.64. The minimum Gasteiger partial charge on any atom is -0.461 e. The monoisotopic (exact) mass is 559 g/mol. The van der Waals surface area contributed by atoms with Crippen LogP contribution in [0.5, 0.6) is 6.01 Å². The minimum atomic E-state index is -0.622. The van der Waals surface area contributed by atoms with Crippen LogP contribution in [0.2, 0.25) is 0 Å². The summed E-state index contributed by atoms with van der Waals surface area (Å²) >= 11 is 0. The number of fused-ring (bicyclic) bond motifs is 3. The fourth-order valence-electron chi connectivity index (χ4n) is 6.68. The predicted molar refractivity (Wildman–Crippen MR) is 150 cm³/mol.